The van der Waals surface area contributed by atoms with Gasteiger partial charge in [-0.25, -0.2) is 5.84 Å². The summed E-state index contributed by atoms with van der Waals surface area (Å²) in [6.45, 7) is 0. The summed E-state index contributed by atoms with van der Waals surface area (Å²) in [7, 11) is 0. The lowest BCUT2D eigenvalue weighted by molar-refractivity contribution is 0.102. The van der Waals surface area contributed by atoms with Crippen molar-refractivity contribution in [2.24, 2.45) is 5.84 Å². The fourth-order valence-electron chi connectivity index (χ4n) is 1.43. The Labute approximate surface area is 119 Å². The van der Waals surface area contributed by atoms with Gasteiger partial charge in [0.15, 0.2) is 11.5 Å². The van der Waals surface area contributed by atoms with Crippen molar-refractivity contribution in [3.8, 4) is 6.07 Å². The Balaban J connectivity index is 2.23. The van der Waals surface area contributed by atoms with Gasteiger partial charge in [0.1, 0.15) is 6.07 Å². The van der Waals surface area contributed by atoms with E-state index in [-0.39, 0.29) is 5.69 Å². The third-order valence-electron chi connectivity index (χ3n) is 2.40. The van der Waals surface area contributed by atoms with Crippen LogP contribution < -0.4 is 16.6 Å². The first-order chi connectivity index (χ1) is 9.63. The molecule has 0 saturated carbocycles. The Morgan fingerprint density at radius 3 is 2.70 bits per heavy atom. The standard InChI is InChI=1S/C12H9ClN6O/c13-8-2-1-7(6-14)10(5-8)16-12(20)9-3-4-11(17-15)19-18-9/h1-5H,15H2,(H,16,20)(H,17,19). The van der Waals surface area contributed by atoms with Gasteiger partial charge in [-0.3, -0.25) is 4.79 Å². The molecule has 1 heterocycles. The Morgan fingerprint density at radius 2 is 2.10 bits per heavy atom. The van der Waals surface area contributed by atoms with Crippen molar-refractivity contribution in [1.82, 2.24) is 10.2 Å². The van der Waals surface area contributed by atoms with Crippen LogP contribution in [0.2, 0.25) is 5.02 Å². The third-order valence-corrected chi connectivity index (χ3v) is 2.63. The number of hydrazine groups is 1. The van der Waals surface area contributed by atoms with Crippen LogP contribution in [-0.2, 0) is 0 Å². The summed E-state index contributed by atoms with van der Waals surface area (Å²) in [5, 5.41) is 19.3. The SMILES string of the molecule is N#Cc1ccc(Cl)cc1NC(=O)c1ccc(NN)nn1. The average molecular weight is 289 g/mol. The highest BCUT2D eigenvalue weighted by molar-refractivity contribution is 6.31. The number of aromatic nitrogens is 2. The van der Waals surface area contributed by atoms with E-state index in [1.54, 1.807) is 6.07 Å². The number of carbonyl (C=O) groups excluding carboxylic acids is 1. The minimum absolute atomic E-state index is 0.0906. The van der Waals surface area contributed by atoms with E-state index in [0.29, 0.717) is 22.1 Å². The van der Waals surface area contributed by atoms with Gasteiger partial charge in [0.25, 0.3) is 5.91 Å². The number of amides is 1. The van der Waals surface area contributed by atoms with E-state index in [2.05, 4.69) is 20.9 Å². The molecular formula is C12H9ClN6O. The van der Waals surface area contributed by atoms with Crippen molar-refractivity contribution in [3.05, 3.63) is 46.6 Å². The predicted molar refractivity (Wildman–Crippen MR) is 74.0 cm³/mol. The molecule has 0 bridgehead atoms. The summed E-state index contributed by atoms with van der Waals surface area (Å²) in [6, 6.07) is 9.49. The smallest absolute Gasteiger partial charge is 0.276 e. The largest absolute Gasteiger partial charge is 0.319 e. The van der Waals surface area contributed by atoms with Gasteiger partial charge in [-0.1, -0.05) is 11.6 Å². The maximum absolute atomic E-state index is 12.0. The Hall–Kier alpha value is -2.69. The number of nitriles is 1. The second-order valence-corrected chi connectivity index (χ2v) is 4.14. The molecule has 8 heteroatoms. The van der Waals surface area contributed by atoms with Gasteiger partial charge in [0.2, 0.25) is 0 Å². The fourth-order valence-corrected chi connectivity index (χ4v) is 1.61. The molecule has 0 saturated heterocycles. The molecule has 4 N–H and O–H groups in total. The van der Waals surface area contributed by atoms with Crippen molar-refractivity contribution >= 4 is 29.0 Å². The van der Waals surface area contributed by atoms with Gasteiger partial charge in [-0.05, 0) is 30.3 Å². The molecule has 0 atom stereocenters. The summed E-state index contributed by atoms with van der Waals surface area (Å²) < 4.78 is 0. The number of rotatable bonds is 3. The minimum Gasteiger partial charge on any atom is -0.319 e. The van der Waals surface area contributed by atoms with E-state index < -0.39 is 5.91 Å². The summed E-state index contributed by atoms with van der Waals surface area (Å²) in [4.78, 5) is 12.0. The first kappa shape index (κ1) is 13.7. The normalized spacial score (nSPS) is 9.65. The van der Waals surface area contributed by atoms with Crippen LogP contribution in [0.25, 0.3) is 0 Å². The van der Waals surface area contributed by atoms with Crippen LogP contribution in [0.4, 0.5) is 11.5 Å². The van der Waals surface area contributed by atoms with Gasteiger partial charge in [-0.15, -0.1) is 10.2 Å². The molecule has 7 nitrogen and oxygen atoms in total. The number of hydrogen-bond donors (Lipinski definition) is 3. The van der Waals surface area contributed by atoms with Crippen LogP contribution in [0.3, 0.4) is 0 Å². The van der Waals surface area contributed by atoms with E-state index in [4.69, 9.17) is 22.7 Å². The number of benzene rings is 1. The molecule has 2 rings (SSSR count). The Bertz CT molecular complexity index is 679. The molecular weight excluding hydrogens is 280 g/mol. The van der Waals surface area contributed by atoms with Crippen molar-refractivity contribution in [1.29, 1.82) is 5.26 Å². The van der Waals surface area contributed by atoms with Gasteiger partial charge >= 0.3 is 0 Å². The van der Waals surface area contributed by atoms with Crippen LogP contribution in [0.15, 0.2) is 30.3 Å². The topological polar surface area (TPSA) is 117 Å². The number of nitrogens with two attached hydrogens (primary N) is 1. The van der Waals surface area contributed by atoms with Crippen molar-refractivity contribution in [3.63, 3.8) is 0 Å². The number of nitrogen functional groups attached to an aromatic ring is 1. The number of carbonyl (C=O) groups is 1. The third kappa shape index (κ3) is 3.00. The molecule has 0 radical (unpaired) electrons. The quantitative estimate of drug-likeness (QED) is 0.582. The molecule has 1 aromatic carbocycles. The number of nitrogens with zero attached hydrogens (tertiary/aromatic N) is 3. The maximum Gasteiger partial charge on any atom is 0.276 e. The Kier molecular flexibility index (Phi) is 4.10. The lowest BCUT2D eigenvalue weighted by Crippen LogP contribution is -2.16. The lowest BCUT2D eigenvalue weighted by atomic mass is 10.2. The summed E-state index contributed by atoms with van der Waals surface area (Å²) in [6.07, 6.45) is 0. The first-order valence-corrected chi connectivity index (χ1v) is 5.83. The number of anilines is 2. The van der Waals surface area contributed by atoms with E-state index >= 15 is 0 Å². The Morgan fingerprint density at radius 1 is 1.30 bits per heavy atom. The van der Waals surface area contributed by atoms with Crippen LogP contribution in [0.5, 0.6) is 0 Å². The van der Waals surface area contributed by atoms with Crippen molar-refractivity contribution in [2.75, 3.05) is 10.7 Å². The lowest BCUT2D eigenvalue weighted by Gasteiger charge is -2.07. The molecule has 100 valence electrons. The second-order valence-electron chi connectivity index (χ2n) is 3.70. The van der Waals surface area contributed by atoms with Crippen LogP contribution in [0, 0.1) is 11.3 Å². The van der Waals surface area contributed by atoms with Crippen molar-refractivity contribution in [2.45, 2.75) is 0 Å². The maximum atomic E-state index is 12.0. The second kappa shape index (κ2) is 5.97. The summed E-state index contributed by atoms with van der Waals surface area (Å²) in [5.41, 5.74) is 3.01. The molecule has 0 aliphatic heterocycles. The summed E-state index contributed by atoms with van der Waals surface area (Å²) >= 11 is 5.83. The molecule has 0 aliphatic carbocycles. The van der Waals surface area contributed by atoms with Crippen LogP contribution >= 0.6 is 11.6 Å². The van der Waals surface area contributed by atoms with E-state index in [9.17, 15) is 4.79 Å². The van der Waals surface area contributed by atoms with Gasteiger partial charge < -0.3 is 10.7 Å². The molecule has 0 aliphatic rings. The van der Waals surface area contributed by atoms with E-state index in [0.717, 1.165) is 0 Å². The average Bonchev–Trinajstić information content (AvgIpc) is 2.47. The molecule has 0 spiro atoms. The fraction of sp³-hybridized carbons (Fsp3) is 0. The molecule has 0 fully saturated rings. The zero-order valence-electron chi connectivity index (χ0n) is 10.1. The summed E-state index contributed by atoms with van der Waals surface area (Å²) in [5.74, 6) is 4.99. The molecule has 2 aromatic rings. The number of hydrogen-bond acceptors (Lipinski definition) is 6. The molecule has 1 amide bonds. The van der Waals surface area contributed by atoms with Gasteiger partial charge in [0, 0.05) is 5.02 Å². The monoisotopic (exact) mass is 288 g/mol. The van der Waals surface area contributed by atoms with Crippen molar-refractivity contribution < 1.29 is 4.79 Å². The first-order valence-electron chi connectivity index (χ1n) is 5.45. The van der Waals surface area contributed by atoms with E-state index in [1.165, 1.54) is 24.3 Å². The van der Waals surface area contributed by atoms with Gasteiger partial charge in [-0.2, -0.15) is 5.26 Å². The van der Waals surface area contributed by atoms with Crippen LogP contribution in [0.1, 0.15) is 16.1 Å². The zero-order chi connectivity index (χ0) is 14.5. The zero-order valence-corrected chi connectivity index (χ0v) is 10.8. The predicted octanol–water partition coefficient (Wildman–Crippen LogP) is 1.54. The number of nitrogens with one attached hydrogen (secondary N) is 2. The highest BCUT2D eigenvalue weighted by Gasteiger charge is 2.11. The minimum atomic E-state index is -0.500. The van der Waals surface area contributed by atoms with Crippen LogP contribution in [-0.4, -0.2) is 16.1 Å². The van der Waals surface area contributed by atoms with Gasteiger partial charge in [0.05, 0.1) is 11.3 Å². The van der Waals surface area contributed by atoms with E-state index in [1.807, 2.05) is 6.07 Å². The highest BCUT2D eigenvalue weighted by Crippen LogP contribution is 2.20. The molecule has 1 aromatic heterocycles. The molecule has 20 heavy (non-hydrogen) atoms. The highest BCUT2D eigenvalue weighted by atomic mass is 35.5. The number of halogens is 1. The molecule has 0 unspecified atom stereocenters.